The summed E-state index contributed by atoms with van der Waals surface area (Å²) in [6.45, 7) is 0. The predicted octanol–water partition coefficient (Wildman–Crippen LogP) is 3.88. The minimum atomic E-state index is 0.818. The van der Waals surface area contributed by atoms with Crippen LogP contribution in [0.3, 0.4) is 0 Å². The van der Waals surface area contributed by atoms with Crippen molar-refractivity contribution in [2.45, 2.75) is 0 Å². The van der Waals surface area contributed by atoms with Crippen molar-refractivity contribution in [1.82, 2.24) is 19.9 Å². The highest BCUT2D eigenvalue weighted by atomic mass is 32.2. The highest BCUT2D eigenvalue weighted by Crippen LogP contribution is 2.36. The Bertz CT molecular complexity index is 752. The quantitative estimate of drug-likeness (QED) is 0.563. The van der Waals surface area contributed by atoms with Crippen LogP contribution in [0.15, 0.2) is 49.1 Å². The van der Waals surface area contributed by atoms with Gasteiger partial charge in [-0.3, -0.25) is 9.97 Å². The number of aromatic nitrogens is 4. The molecule has 6 heteroatoms. The van der Waals surface area contributed by atoms with E-state index in [1.165, 1.54) is 0 Å². The molecular formula is C14H8N4S2. The van der Waals surface area contributed by atoms with Gasteiger partial charge in [0.2, 0.25) is 0 Å². The van der Waals surface area contributed by atoms with Gasteiger partial charge in [0.25, 0.3) is 0 Å². The number of hydrogen-bond donors (Lipinski definition) is 0. The molecule has 0 radical (unpaired) electrons. The Labute approximate surface area is 122 Å². The van der Waals surface area contributed by atoms with Crippen molar-refractivity contribution < 1.29 is 0 Å². The maximum Gasteiger partial charge on any atom is 0.182 e. The summed E-state index contributed by atoms with van der Waals surface area (Å²) in [7, 11) is 0. The summed E-state index contributed by atoms with van der Waals surface area (Å²) in [6.07, 6.45) is 7.11. The summed E-state index contributed by atoms with van der Waals surface area (Å²) < 4.78 is 1.14. The highest BCUT2D eigenvalue weighted by Gasteiger charge is 2.12. The van der Waals surface area contributed by atoms with Gasteiger partial charge in [-0.1, -0.05) is 0 Å². The van der Waals surface area contributed by atoms with E-state index in [9.17, 15) is 0 Å². The lowest BCUT2D eigenvalue weighted by molar-refractivity contribution is 1.31. The molecule has 0 spiro atoms. The molecule has 0 aliphatic rings. The van der Waals surface area contributed by atoms with Crippen LogP contribution in [0.4, 0.5) is 0 Å². The van der Waals surface area contributed by atoms with Crippen molar-refractivity contribution in [1.29, 1.82) is 0 Å². The fourth-order valence-corrected chi connectivity index (χ4v) is 4.01. The first-order valence-electron chi connectivity index (χ1n) is 5.98. The van der Waals surface area contributed by atoms with E-state index < -0.39 is 0 Å². The standard InChI is InChI=1S/C14H8N4S2/c1-5-15-6-2-9(1)12-17-11-14(19-12)20-13(18-11)10-3-7-16-8-4-10/h1-8H. The Balaban J connectivity index is 1.78. The molecule has 4 heterocycles. The molecule has 20 heavy (non-hydrogen) atoms. The van der Waals surface area contributed by atoms with E-state index in [1.807, 2.05) is 24.3 Å². The van der Waals surface area contributed by atoms with E-state index >= 15 is 0 Å². The minimum Gasteiger partial charge on any atom is -0.265 e. The van der Waals surface area contributed by atoms with E-state index in [1.54, 1.807) is 47.5 Å². The molecule has 0 aliphatic carbocycles. The van der Waals surface area contributed by atoms with Gasteiger partial charge in [-0.05, 0) is 24.3 Å². The van der Waals surface area contributed by atoms with Gasteiger partial charge in [0.05, 0.1) is 0 Å². The van der Waals surface area contributed by atoms with Crippen LogP contribution in [-0.2, 0) is 0 Å². The zero-order valence-electron chi connectivity index (χ0n) is 10.2. The smallest absolute Gasteiger partial charge is 0.182 e. The van der Waals surface area contributed by atoms with Gasteiger partial charge in [-0.2, -0.15) is 0 Å². The molecule has 0 saturated heterocycles. The first-order chi connectivity index (χ1) is 9.90. The number of fused-ring (bicyclic) bond motifs is 1. The molecule has 0 saturated carbocycles. The maximum atomic E-state index is 4.60. The monoisotopic (exact) mass is 296 g/mol. The van der Waals surface area contributed by atoms with Crippen LogP contribution in [0.2, 0.25) is 0 Å². The van der Waals surface area contributed by atoms with E-state index in [4.69, 9.17) is 0 Å². The van der Waals surface area contributed by atoms with Crippen molar-refractivity contribution in [3.63, 3.8) is 0 Å². The molecule has 0 bridgehead atoms. The lowest BCUT2D eigenvalue weighted by Crippen LogP contribution is -1.79. The van der Waals surface area contributed by atoms with Gasteiger partial charge < -0.3 is 0 Å². The number of nitrogens with zero attached hydrogens (tertiary/aromatic N) is 4. The summed E-state index contributed by atoms with van der Waals surface area (Å²) in [5.74, 6) is 0. The molecule has 0 aromatic carbocycles. The summed E-state index contributed by atoms with van der Waals surface area (Å²) in [6, 6.07) is 7.86. The van der Waals surface area contributed by atoms with Gasteiger partial charge >= 0.3 is 0 Å². The number of rotatable bonds is 2. The molecule has 0 unspecified atom stereocenters. The fraction of sp³-hybridized carbons (Fsp3) is 0. The van der Waals surface area contributed by atoms with Crippen LogP contribution in [0.1, 0.15) is 0 Å². The molecule has 0 N–H and O–H groups in total. The van der Waals surface area contributed by atoms with Gasteiger partial charge in [0, 0.05) is 35.9 Å². The number of hydrogen-bond acceptors (Lipinski definition) is 6. The van der Waals surface area contributed by atoms with Crippen molar-refractivity contribution in [3.8, 4) is 21.1 Å². The fourth-order valence-electron chi connectivity index (χ4n) is 1.88. The van der Waals surface area contributed by atoms with Crippen molar-refractivity contribution in [2.24, 2.45) is 0 Å². The van der Waals surface area contributed by atoms with Crippen LogP contribution >= 0.6 is 22.7 Å². The Kier molecular flexibility index (Phi) is 2.75. The topological polar surface area (TPSA) is 51.6 Å². The van der Waals surface area contributed by atoms with Gasteiger partial charge in [0.15, 0.2) is 5.65 Å². The zero-order valence-corrected chi connectivity index (χ0v) is 11.9. The largest absolute Gasteiger partial charge is 0.265 e. The first kappa shape index (κ1) is 11.6. The lowest BCUT2D eigenvalue weighted by atomic mass is 10.3. The van der Waals surface area contributed by atoms with Crippen LogP contribution in [0.5, 0.6) is 0 Å². The van der Waals surface area contributed by atoms with Crippen molar-refractivity contribution >= 4 is 32.3 Å². The molecule has 0 fully saturated rings. The average Bonchev–Trinajstić information content (AvgIpc) is 3.08. The summed E-state index contributed by atoms with van der Waals surface area (Å²) in [5, 5.41) is 1.98. The van der Waals surface area contributed by atoms with E-state index in [0.717, 1.165) is 30.8 Å². The first-order valence-corrected chi connectivity index (χ1v) is 7.61. The Morgan fingerprint density at radius 3 is 1.50 bits per heavy atom. The van der Waals surface area contributed by atoms with Crippen LogP contribution < -0.4 is 0 Å². The second-order valence-electron chi connectivity index (χ2n) is 4.12. The summed E-state index contributed by atoms with van der Waals surface area (Å²) in [5.41, 5.74) is 2.99. The van der Waals surface area contributed by atoms with Crippen LogP contribution in [0.25, 0.3) is 30.8 Å². The molecule has 4 rings (SSSR count). The Hall–Kier alpha value is -2.18. The number of thiazole rings is 2. The molecule has 0 aliphatic heterocycles. The molecule has 0 amide bonds. The highest BCUT2D eigenvalue weighted by molar-refractivity contribution is 7.40. The van der Waals surface area contributed by atoms with Crippen LogP contribution in [-0.4, -0.2) is 19.9 Å². The number of pyridine rings is 2. The summed E-state index contributed by atoms with van der Waals surface area (Å²) in [4.78, 5) is 17.3. The third-order valence-corrected chi connectivity index (χ3v) is 5.11. The van der Waals surface area contributed by atoms with Gasteiger partial charge in [-0.25, -0.2) is 9.97 Å². The van der Waals surface area contributed by atoms with E-state index in [2.05, 4.69) is 19.9 Å². The molecule has 4 aromatic heterocycles. The third-order valence-electron chi connectivity index (χ3n) is 2.83. The molecule has 4 nitrogen and oxygen atoms in total. The average molecular weight is 296 g/mol. The maximum absolute atomic E-state index is 4.60. The van der Waals surface area contributed by atoms with Crippen molar-refractivity contribution in [2.75, 3.05) is 0 Å². The third kappa shape index (κ3) is 1.99. The van der Waals surface area contributed by atoms with Gasteiger partial charge in [0.1, 0.15) is 14.0 Å². The second kappa shape index (κ2) is 4.73. The Morgan fingerprint density at radius 2 is 1.10 bits per heavy atom. The Morgan fingerprint density at radius 1 is 0.650 bits per heavy atom. The molecular weight excluding hydrogens is 288 g/mol. The lowest BCUT2D eigenvalue weighted by Gasteiger charge is -1.94. The van der Waals surface area contributed by atoms with E-state index in [-0.39, 0.29) is 0 Å². The minimum absolute atomic E-state index is 0.818. The van der Waals surface area contributed by atoms with E-state index in [0.29, 0.717) is 0 Å². The predicted molar refractivity (Wildman–Crippen MR) is 81.8 cm³/mol. The second-order valence-corrected chi connectivity index (χ2v) is 6.38. The normalized spacial score (nSPS) is 11.0. The summed E-state index contributed by atoms with van der Waals surface area (Å²) >= 11 is 3.33. The molecule has 0 atom stereocenters. The molecule has 4 aromatic rings. The van der Waals surface area contributed by atoms with Crippen LogP contribution in [0, 0.1) is 0 Å². The SMILES string of the molecule is c1cc(-c2nc3nc(-c4ccncc4)sc3s2)ccn1. The zero-order chi connectivity index (χ0) is 13.4. The van der Waals surface area contributed by atoms with Crippen molar-refractivity contribution in [3.05, 3.63) is 49.1 Å². The van der Waals surface area contributed by atoms with Gasteiger partial charge in [-0.15, -0.1) is 22.7 Å². The molecule has 96 valence electrons.